The number of nitrogens with one attached hydrogen (secondary N) is 1. The third-order valence-electron chi connectivity index (χ3n) is 4.66. The van der Waals surface area contributed by atoms with Crippen LogP contribution >= 0.6 is 0 Å². The van der Waals surface area contributed by atoms with Crippen LogP contribution in [-0.2, 0) is 6.18 Å². The van der Waals surface area contributed by atoms with E-state index in [0.29, 0.717) is 11.8 Å². The maximum absolute atomic E-state index is 12.8. The second kappa shape index (κ2) is 5.04. The number of halogens is 3. The fourth-order valence-electron chi connectivity index (χ4n) is 3.39. The molecule has 0 bridgehead atoms. The van der Waals surface area contributed by atoms with Crippen LogP contribution in [0.25, 0.3) is 0 Å². The molecule has 2 fully saturated rings. The molecule has 2 nitrogen and oxygen atoms in total. The first-order valence-electron chi connectivity index (χ1n) is 7.07. The molecule has 0 aromatic heterocycles. The molecule has 1 aromatic carbocycles. The van der Waals surface area contributed by atoms with Crippen molar-refractivity contribution in [2.45, 2.75) is 19.1 Å². The molecule has 2 heterocycles. The molecule has 0 spiro atoms. The first kappa shape index (κ1) is 13.9. The fourth-order valence-corrected chi connectivity index (χ4v) is 3.39. The average molecular weight is 284 g/mol. The van der Waals surface area contributed by atoms with Crippen LogP contribution in [0.2, 0.25) is 0 Å². The maximum atomic E-state index is 12.8. The molecule has 0 saturated carbocycles. The summed E-state index contributed by atoms with van der Waals surface area (Å²) >= 11 is 0. The van der Waals surface area contributed by atoms with E-state index in [-0.39, 0.29) is 6.04 Å². The molecular formula is C15H19F3N2. The van der Waals surface area contributed by atoms with Gasteiger partial charge in [-0.3, -0.25) is 4.90 Å². The van der Waals surface area contributed by atoms with Gasteiger partial charge in [-0.25, -0.2) is 0 Å². The Bertz CT molecular complexity index is 474. The Morgan fingerprint density at radius 2 is 1.85 bits per heavy atom. The van der Waals surface area contributed by atoms with E-state index in [9.17, 15) is 13.2 Å². The number of benzene rings is 1. The number of fused-ring (bicyclic) bond motifs is 1. The summed E-state index contributed by atoms with van der Waals surface area (Å²) in [6.07, 6.45) is -4.26. The van der Waals surface area contributed by atoms with E-state index in [1.54, 1.807) is 6.07 Å². The summed E-state index contributed by atoms with van der Waals surface area (Å²) in [5, 5.41) is 3.38. The van der Waals surface area contributed by atoms with Crippen molar-refractivity contribution in [3.05, 3.63) is 35.4 Å². The molecule has 3 atom stereocenters. The molecule has 1 N–H and O–H groups in total. The van der Waals surface area contributed by atoms with Crippen LogP contribution in [0, 0.1) is 11.8 Å². The lowest BCUT2D eigenvalue weighted by molar-refractivity contribution is -0.137. The van der Waals surface area contributed by atoms with E-state index in [0.717, 1.165) is 37.8 Å². The van der Waals surface area contributed by atoms with Crippen LogP contribution in [-0.4, -0.2) is 31.1 Å². The van der Waals surface area contributed by atoms with Gasteiger partial charge in [0, 0.05) is 19.1 Å². The minimum atomic E-state index is -4.26. The van der Waals surface area contributed by atoms with Crippen LogP contribution in [0.1, 0.15) is 24.1 Å². The highest BCUT2D eigenvalue weighted by Crippen LogP contribution is 2.35. The summed E-state index contributed by atoms with van der Waals surface area (Å²) in [4.78, 5) is 2.31. The standard InChI is InChI=1S/C15H19F3N2/c1-10(20-8-12-6-19-7-13(12)9-20)11-3-2-4-14(5-11)15(16,17)18/h2-5,10,12-13,19H,6-9H2,1H3/t10?,12-,13+. The van der Waals surface area contributed by atoms with Crippen molar-refractivity contribution < 1.29 is 13.2 Å². The predicted molar refractivity (Wildman–Crippen MR) is 71.3 cm³/mol. The van der Waals surface area contributed by atoms with E-state index in [1.807, 2.05) is 6.92 Å². The summed E-state index contributed by atoms with van der Waals surface area (Å²) in [5.74, 6) is 1.31. The van der Waals surface area contributed by atoms with Gasteiger partial charge in [0.2, 0.25) is 0 Å². The Kier molecular flexibility index (Phi) is 3.50. The Balaban J connectivity index is 1.76. The van der Waals surface area contributed by atoms with E-state index >= 15 is 0 Å². The van der Waals surface area contributed by atoms with Gasteiger partial charge in [0.15, 0.2) is 0 Å². The van der Waals surface area contributed by atoms with Crippen molar-refractivity contribution >= 4 is 0 Å². The molecule has 5 heteroatoms. The molecule has 2 saturated heterocycles. The summed E-state index contributed by atoms with van der Waals surface area (Å²) < 4.78 is 38.3. The SMILES string of the molecule is CC(c1cccc(C(F)(F)F)c1)N1C[C@H]2CNC[C@H]2C1. The van der Waals surface area contributed by atoms with Gasteiger partial charge in [0.05, 0.1) is 5.56 Å². The highest BCUT2D eigenvalue weighted by atomic mass is 19.4. The minimum Gasteiger partial charge on any atom is -0.316 e. The molecule has 0 amide bonds. The van der Waals surface area contributed by atoms with Gasteiger partial charge in [-0.1, -0.05) is 12.1 Å². The Morgan fingerprint density at radius 3 is 2.45 bits per heavy atom. The van der Waals surface area contributed by atoms with Crippen molar-refractivity contribution in [1.82, 2.24) is 10.2 Å². The van der Waals surface area contributed by atoms with Gasteiger partial charge in [0.25, 0.3) is 0 Å². The minimum absolute atomic E-state index is 0.0444. The number of rotatable bonds is 2. The van der Waals surface area contributed by atoms with E-state index < -0.39 is 11.7 Å². The van der Waals surface area contributed by atoms with Crippen molar-refractivity contribution in [2.75, 3.05) is 26.2 Å². The lowest BCUT2D eigenvalue weighted by Gasteiger charge is -2.26. The van der Waals surface area contributed by atoms with Crippen LogP contribution in [0.5, 0.6) is 0 Å². The second-order valence-electron chi connectivity index (χ2n) is 5.93. The van der Waals surface area contributed by atoms with Crippen LogP contribution in [0.4, 0.5) is 13.2 Å². The number of alkyl halides is 3. The van der Waals surface area contributed by atoms with Gasteiger partial charge in [0.1, 0.15) is 0 Å². The van der Waals surface area contributed by atoms with Gasteiger partial charge in [-0.05, 0) is 49.5 Å². The van der Waals surface area contributed by atoms with Gasteiger partial charge in [-0.15, -0.1) is 0 Å². The predicted octanol–water partition coefficient (Wildman–Crippen LogP) is 2.92. The largest absolute Gasteiger partial charge is 0.416 e. The Morgan fingerprint density at radius 1 is 1.20 bits per heavy atom. The Labute approximate surface area is 117 Å². The van der Waals surface area contributed by atoms with Crippen LogP contribution < -0.4 is 5.32 Å². The third-order valence-corrected chi connectivity index (χ3v) is 4.66. The Hall–Kier alpha value is -1.07. The number of likely N-dealkylation sites (tertiary alicyclic amines) is 1. The molecule has 1 unspecified atom stereocenters. The molecular weight excluding hydrogens is 265 g/mol. The van der Waals surface area contributed by atoms with Crippen LogP contribution in [0.3, 0.4) is 0 Å². The summed E-state index contributed by atoms with van der Waals surface area (Å²) in [7, 11) is 0. The number of nitrogens with zero attached hydrogens (tertiary/aromatic N) is 1. The second-order valence-corrected chi connectivity index (χ2v) is 5.93. The topological polar surface area (TPSA) is 15.3 Å². The van der Waals surface area contributed by atoms with Gasteiger partial charge >= 0.3 is 6.18 Å². The number of hydrogen-bond donors (Lipinski definition) is 1. The summed E-state index contributed by atoms with van der Waals surface area (Å²) in [6, 6.07) is 5.78. The molecule has 2 aliphatic heterocycles. The number of hydrogen-bond acceptors (Lipinski definition) is 2. The zero-order valence-electron chi connectivity index (χ0n) is 11.5. The smallest absolute Gasteiger partial charge is 0.316 e. The van der Waals surface area contributed by atoms with Gasteiger partial charge < -0.3 is 5.32 Å². The zero-order valence-corrected chi connectivity index (χ0v) is 11.5. The lowest BCUT2D eigenvalue weighted by Crippen LogP contribution is -2.28. The van der Waals surface area contributed by atoms with Crippen molar-refractivity contribution in [1.29, 1.82) is 0 Å². The average Bonchev–Trinajstić information content (AvgIpc) is 2.97. The lowest BCUT2D eigenvalue weighted by atomic mass is 10.0. The molecule has 20 heavy (non-hydrogen) atoms. The normalized spacial score (nSPS) is 28.6. The summed E-state index contributed by atoms with van der Waals surface area (Å²) in [6.45, 7) is 6.04. The van der Waals surface area contributed by atoms with Crippen LogP contribution in [0.15, 0.2) is 24.3 Å². The van der Waals surface area contributed by atoms with E-state index in [1.165, 1.54) is 12.1 Å². The van der Waals surface area contributed by atoms with Gasteiger partial charge in [-0.2, -0.15) is 13.2 Å². The molecule has 1 aromatic rings. The third kappa shape index (κ3) is 2.56. The van der Waals surface area contributed by atoms with Crippen molar-refractivity contribution in [2.24, 2.45) is 11.8 Å². The van der Waals surface area contributed by atoms with E-state index in [2.05, 4.69) is 10.2 Å². The maximum Gasteiger partial charge on any atom is 0.416 e. The first-order chi connectivity index (χ1) is 9.45. The highest BCUT2D eigenvalue weighted by Gasteiger charge is 2.38. The summed E-state index contributed by atoms with van der Waals surface area (Å²) in [5.41, 5.74) is 0.204. The quantitative estimate of drug-likeness (QED) is 0.898. The molecule has 3 rings (SSSR count). The highest BCUT2D eigenvalue weighted by molar-refractivity contribution is 5.28. The fraction of sp³-hybridized carbons (Fsp3) is 0.600. The monoisotopic (exact) mass is 284 g/mol. The molecule has 2 aliphatic rings. The molecule has 0 aliphatic carbocycles. The van der Waals surface area contributed by atoms with Crippen molar-refractivity contribution in [3.63, 3.8) is 0 Å². The zero-order chi connectivity index (χ0) is 14.3. The first-order valence-corrected chi connectivity index (χ1v) is 7.07. The van der Waals surface area contributed by atoms with Crippen molar-refractivity contribution in [3.8, 4) is 0 Å². The van der Waals surface area contributed by atoms with E-state index in [4.69, 9.17) is 0 Å². The molecule has 110 valence electrons. The molecule has 0 radical (unpaired) electrons.